The molecule has 0 saturated carbocycles. The summed E-state index contributed by atoms with van der Waals surface area (Å²) < 4.78 is 0. The summed E-state index contributed by atoms with van der Waals surface area (Å²) in [7, 11) is 2.05. The van der Waals surface area contributed by atoms with Gasteiger partial charge in [0.25, 0.3) is 0 Å². The van der Waals surface area contributed by atoms with Crippen LogP contribution in [-0.2, 0) is 0 Å². The molecule has 1 aromatic rings. The summed E-state index contributed by atoms with van der Waals surface area (Å²) in [6.07, 6.45) is 1.19. The zero-order valence-corrected chi connectivity index (χ0v) is 11.8. The molecule has 2 rings (SSSR count). The molecular formula is C11H19N7O2. The predicted molar refractivity (Wildman–Crippen MR) is 75.4 cm³/mol. The van der Waals surface area contributed by atoms with E-state index in [9.17, 15) is 10.1 Å². The fourth-order valence-corrected chi connectivity index (χ4v) is 2.37. The number of piperazine rings is 1. The van der Waals surface area contributed by atoms with E-state index in [2.05, 4.69) is 34.1 Å². The van der Waals surface area contributed by atoms with Gasteiger partial charge in [0, 0.05) is 25.2 Å². The first-order valence-electron chi connectivity index (χ1n) is 6.39. The van der Waals surface area contributed by atoms with Crippen molar-refractivity contribution in [2.75, 3.05) is 30.5 Å². The van der Waals surface area contributed by atoms with Crippen molar-refractivity contribution in [1.82, 2.24) is 14.9 Å². The van der Waals surface area contributed by atoms with Gasteiger partial charge < -0.3 is 4.90 Å². The maximum absolute atomic E-state index is 11.1. The van der Waals surface area contributed by atoms with Crippen LogP contribution in [0.3, 0.4) is 0 Å². The zero-order chi connectivity index (χ0) is 14.9. The second-order valence-corrected chi connectivity index (χ2v) is 5.07. The third-order valence-electron chi connectivity index (χ3n) is 3.74. The van der Waals surface area contributed by atoms with Crippen molar-refractivity contribution in [2.24, 2.45) is 5.84 Å². The SMILES string of the molecule is CC1CN(c2nc(NN)ncc2[N+](=O)[O-])CC(C)N1C. The van der Waals surface area contributed by atoms with E-state index in [4.69, 9.17) is 5.84 Å². The standard InChI is InChI=1S/C11H19N7O2/c1-7-5-17(6-8(2)16(7)3)10-9(18(19)20)4-13-11(14-10)15-12/h4,7-8H,5-6,12H2,1-3H3,(H,13,14,15). The van der Waals surface area contributed by atoms with Crippen LogP contribution in [0.1, 0.15) is 13.8 Å². The van der Waals surface area contributed by atoms with Gasteiger partial charge in [-0.05, 0) is 20.9 Å². The first-order chi connectivity index (χ1) is 9.43. The molecule has 0 aromatic carbocycles. The van der Waals surface area contributed by atoms with Gasteiger partial charge in [-0.1, -0.05) is 0 Å². The van der Waals surface area contributed by atoms with Crippen molar-refractivity contribution in [3.05, 3.63) is 16.3 Å². The summed E-state index contributed by atoms with van der Waals surface area (Å²) in [5.41, 5.74) is 2.22. The Morgan fingerprint density at radius 3 is 2.55 bits per heavy atom. The summed E-state index contributed by atoms with van der Waals surface area (Å²) in [5.74, 6) is 5.76. The molecule has 9 heteroatoms. The lowest BCUT2D eigenvalue weighted by molar-refractivity contribution is -0.384. The second kappa shape index (κ2) is 5.55. The number of hydrogen-bond donors (Lipinski definition) is 2. The van der Waals surface area contributed by atoms with Gasteiger partial charge in [0.1, 0.15) is 6.20 Å². The minimum absolute atomic E-state index is 0.104. The molecule has 0 amide bonds. The summed E-state index contributed by atoms with van der Waals surface area (Å²) in [5, 5.41) is 11.1. The van der Waals surface area contributed by atoms with Gasteiger partial charge in [-0.3, -0.25) is 20.4 Å². The van der Waals surface area contributed by atoms with Gasteiger partial charge in [-0.25, -0.2) is 10.8 Å². The molecule has 1 saturated heterocycles. The van der Waals surface area contributed by atoms with E-state index in [1.54, 1.807) is 0 Å². The molecule has 0 spiro atoms. The van der Waals surface area contributed by atoms with Crippen LogP contribution < -0.4 is 16.2 Å². The van der Waals surface area contributed by atoms with Crippen LogP contribution in [0.2, 0.25) is 0 Å². The Balaban J connectivity index is 2.37. The molecule has 3 N–H and O–H groups in total. The maximum atomic E-state index is 11.1. The summed E-state index contributed by atoms with van der Waals surface area (Å²) >= 11 is 0. The quantitative estimate of drug-likeness (QED) is 0.459. The fourth-order valence-electron chi connectivity index (χ4n) is 2.37. The zero-order valence-electron chi connectivity index (χ0n) is 11.8. The van der Waals surface area contributed by atoms with E-state index in [0.29, 0.717) is 18.9 Å². The number of aromatic nitrogens is 2. The van der Waals surface area contributed by atoms with Crippen molar-refractivity contribution in [3.8, 4) is 0 Å². The number of hydrogen-bond acceptors (Lipinski definition) is 8. The summed E-state index contributed by atoms with van der Waals surface area (Å²) in [6, 6.07) is 0.560. The van der Waals surface area contributed by atoms with Gasteiger partial charge >= 0.3 is 5.69 Å². The number of nitrogens with zero attached hydrogens (tertiary/aromatic N) is 5. The van der Waals surface area contributed by atoms with E-state index >= 15 is 0 Å². The Morgan fingerprint density at radius 2 is 2.05 bits per heavy atom. The molecule has 0 bridgehead atoms. The number of nitro groups is 1. The van der Waals surface area contributed by atoms with E-state index in [1.165, 1.54) is 6.20 Å². The average molecular weight is 281 g/mol. The average Bonchev–Trinajstić information content (AvgIpc) is 2.43. The molecule has 1 aliphatic rings. The topological polar surface area (TPSA) is 113 Å². The highest BCUT2D eigenvalue weighted by atomic mass is 16.6. The molecule has 0 aliphatic carbocycles. The molecule has 1 fully saturated rings. The molecule has 0 radical (unpaired) electrons. The fraction of sp³-hybridized carbons (Fsp3) is 0.636. The monoisotopic (exact) mass is 281 g/mol. The van der Waals surface area contributed by atoms with Crippen molar-refractivity contribution in [3.63, 3.8) is 0 Å². The van der Waals surface area contributed by atoms with Gasteiger partial charge in [0.15, 0.2) is 0 Å². The maximum Gasteiger partial charge on any atom is 0.329 e. The van der Waals surface area contributed by atoms with Crippen LogP contribution >= 0.6 is 0 Å². The van der Waals surface area contributed by atoms with E-state index < -0.39 is 4.92 Å². The van der Waals surface area contributed by atoms with Gasteiger partial charge in [0.05, 0.1) is 4.92 Å². The first-order valence-corrected chi connectivity index (χ1v) is 6.39. The van der Waals surface area contributed by atoms with Crippen molar-refractivity contribution >= 4 is 17.5 Å². The Morgan fingerprint density at radius 1 is 1.45 bits per heavy atom. The Hall–Kier alpha value is -2.00. The third-order valence-corrected chi connectivity index (χ3v) is 3.74. The van der Waals surface area contributed by atoms with Crippen LogP contribution in [0, 0.1) is 10.1 Å². The summed E-state index contributed by atoms with van der Waals surface area (Å²) in [6.45, 7) is 5.50. The van der Waals surface area contributed by atoms with E-state index in [1.807, 2.05) is 11.9 Å². The highest BCUT2D eigenvalue weighted by Gasteiger charge is 2.31. The van der Waals surface area contributed by atoms with Gasteiger partial charge in [-0.15, -0.1) is 0 Å². The lowest BCUT2D eigenvalue weighted by Crippen LogP contribution is -2.55. The minimum Gasteiger partial charge on any atom is -0.348 e. The van der Waals surface area contributed by atoms with E-state index in [-0.39, 0.29) is 23.7 Å². The first kappa shape index (κ1) is 14.4. The van der Waals surface area contributed by atoms with Gasteiger partial charge in [-0.2, -0.15) is 4.98 Å². The number of nitrogen functional groups attached to an aromatic ring is 1. The Labute approximate surface area is 116 Å². The van der Waals surface area contributed by atoms with Crippen LogP contribution in [0.5, 0.6) is 0 Å². The number of rotatable bonds is 3. The number of nitrogens with two attached hydrogens (primary N) is 1. The lowest BCUT2D eigenvalue weighted by atomic mass is 10.1. The largest absolute Gasteiger partial charge is 0.348 e. The highest BCUT2D eigenvalue weighted by Crippen LogP contribution is 2.28. The second-order valence-electron chi connectivity index (χ2n) is 5.07. The van der Waals surface area contributed by atoms with Crippen molar-refractivity contribution in [2.45, 2.75) is 25.9 Å². The molecule has 20 heavy (non-hydrogen) atoms. The van der Waals surface area contributed by atoms with Crippen molar-refractivity contribution in [1.29, 1.82) is 0 Å². The molecule has 9 nitrogen and oxygen atoms in total. The molecule has 2 heterocycles. The van der Waals surface area contributed by atoms with Crippen LogP contribution in [0.4, 0.5) is 17.5 Å². The minimum atomic E-state index is -0.469. The number of likely N-dealkylation sites (N-methyl/N-ethyl adjacent to an activating group) is 1. The predicted octanol–water partition coefficient (Wildman–Crippen LogP) is 0.199. The molecule has 1 aliphatic heterocycles. The smallest absolute Gasteiger partial charge is 0.329 e. The number of hydrazine groups is 1. The Bertz CT molecular complexity index is 498. The highest BCUT2D eigenvalue weighted by molar-refractivity contribution is 5.59. The van der Waals surface area contributed by atoms with Crippen molar-refractivity contribution < 1.29 is 4.92 Å². The molecule has 110 valence electrons. The molecule has 2 unspecified atom stereocenters. The normalized spacial score (nSPS) is 23.7. The number of anilines is 2. The van der Waals surface area contributed by atoms with E-state index in [0.717, 1.165) is 0 Å². The Kier molecular flexibility index (Phi) is 4.00. The molecule has 2 atom stereocenters. The number of nitrogens with one attached hydrogen (secondary N) is 1. The van der Waals surface area contributed by atoms with Gasteiger partial charge in [0.2, 0.25) is 11.8 Å². The summed E-state index contributed by atoms with van der Waals surface area (Å²) in [4.78, 5) is 22.8. The lowest BCUT2D eigenvalue weighted by Gasteiger charge is -2.42. The molecular weight excluding hydrogens is 262 g/mol. The van der Waals surface area contributed by atoms with Crippen LogP contribution in [0.25, 0.3) is 0 Å². The molecule has 1 aromatic heterocycles. The van der Waals surface area contributed by atoms with Crippen LogP contribution in [0.15, 0.2) is 6.20 Å². The van der Waals surface area contributed by atoms with Crippen LogP contribution in [-0.4, -0.2) is 52.0 Å². The third kappa shape index (κ3) is 2.63.